The van der Waals surface area contributed by atoms with Crippen molar-refractivity contribution in [2.24, 2.45) is 5.90 Å². The summed E-state index contributed by atoms with van der Waals surface area (Å²) in [4.78, 5) is 76.2. The fourth-order valence-electron chi connectivity index (χ4n) is 3.60. The van der Waals surface area contributed by atoms with Crippen molar-refractivity contribution in [2.45, 2.75) is 103 Å². The summed E-state index contributed by atoms with van der Waals surface area (Å²) in [6.45, 7) is 2.48. The van der Waals surface area contributed by atoms with Crippen LogP contribution in [0.2, 0.25) is 0 Å². The Bertz CT molecular complexity index is 767. The molecule has 0 saturated carbocycles. The summed E-state index contributed by atoms with van der Waals surface area (Å²) in [7, 11) is 0. The highest BCUT2D eigenvalue weighted by Crippen LogP contribution is 2.06. The number of carbonyl (C=O) groups excluding carboxylic acids is 6. The first-order chi connectivity index (χ1) is 20.4. The van der Waals surface area contributed by atoms with E-state index in [1.807, 2.05) is 5.48 Å². The second-order valence-corrected chi connectivity index (χ2v) is 9.65. The molecule has 0 aliphatic carbocycles. The van der Waals surface area contributed by atoms with Crippen molar-refractivity contribution < 1.29 is 47.9 Å². The van der Waals surface area contributed by atoms with Gasteiger partial charge >= 0.3 is 11.9 Å². The minimum absolute atomic E-state index is 0.0116. The molecule has 0 aliphatic heterocycles. The zero-order valence-electron chi connectivity index (χ0n) is 24.8. The molecule has 5 N–H and O–H groups in total. The molecule has 3 amide bonds. The topological polar surface area (TPSA) is 201 Å². The highest BCUT2D eigenvalue weighted by atomic mass is 16.7. The number of rotatable bonds is 28. The van der Waals surface area contributed by atoms with Gasteiger partial charge in [0.2, 0.25) is 11.8 Å². The number of amides is 3. The summed E-state index contributed by atoms with van der Waals surface area (Å²) in [5, 5.41) is 5.70. The van der Waals surface area contributed by atoms with Crippen molar-refractivity contribution >= 4 is 35.9 Å². The van der Waals surface area contributed by atoms with E-state index in [0.29, 0.717) is 58.6 Å². The summed E-state index contributed by atoms with van der Waals surface area (Å²) in [6, 6.07) is 0. The highest BCUT2D eigenvalue weighted by molar-refractivity contribution is 5.79. The lowest BCUT2D eigenvalue weighted by Gasteiger charge is -2.08. The first-order valence-electron chi connectivity index (χ1n) is 14.9. The molecule has 0 aromatic carbocycles. The van der Waals surface area contributed by atoms with Gasteiger partial charge in [-0.1, -0.05) is 38.5 Å². The largest absolute Gasteiger partial charge is 0.379 e. The van der Waals surface area contributed by atoms with Crippen LogP contribution in [0.25, 0.3) is 0 Å². The van der Waals surface area contributed by atoms with Crippen molar-refractivity contribution in [3.8, 4) is 0 Å². The van der Waals surface area contributed by atoms with Gasteiger partial charge in [0.05, 0.1) is 26.4 Å². The maximum Gasteiger partial charge on any atom is 0.332 e. The third kappa shape index (κ3) is 28.4. The van der Waals surface area contributed by atoms with Crippen LogP contribution in [-0.2, 0) is 47.9 Å². The van der Waals surface area contributed by atoms with Crippen molar-refractivity contribution in [2.75, 3.05) is 39.5 Å². The molecule has 0 fully saturated rings. The Labute approximate surface area is 248 Å². The Morgan fingerprint density at radius 1 is 0.548 bits per heavy atom. The molecule has 0 bridgehead atoms. The third-order valence-electron chi connectivity index (χ3n) is 5.98. The number of carbonyl (C=O) groups is 6. The number of ether oxygens (including phenoxy) is 2. The van der Waals surface area contributed by atoms with Gasteiger partial charge in [0.1, 0.15) is 6.29 Å². The van der Waals surface area contributed by atoms with Crippen molar-refractivity contribution in [1.82, 2.24) is 16.1 Å². The molecule has 0 radical (unpaired) electrons. The van der Waals surface area contributed by atoms with E-state index in [1.54, 1.807) is 0 Å². The number of nitrogens with one attached hydrogen (secondary N) is 3. The normalized spacial score (nSPS) is 10.5. The second-order valence-electron chi connectivity index (χ2n) is 9.65. The van der Waals surface area contributed by atoms with Gasteiger partial charge in [-0.3, -0.25) is 19.2 Å². The van der Waals surface area contributed by atoms with Crippen LogP contribution < -0.4 is 22.0 Å². The van der Waals surface area contributed by atoms with Gasteiger partial charge < -0.3 is 34.6 Å². The first kappa shape index (κ1) is 38.9. The molecule has 14 nitrogen and oxygen atoms in total. The Balaban J connectivity index is 3.38. The van der Waals surface area contributed by atoms with E-state index in [1.165, 1.54) is 0 Å². The smallest absolute Gasteiger partial charge is 0.332 e. The average molecular weight is 603 g/mol. The van der Waals surface area contributed by atoms with Crippen molar-refractivity contribution in [3.63, 3.8) is 0 Å². The van der Waals surface area contributed by atoms with Crippen molar-refractivity contribution in [3.05, 3.63) is 0 Å². The average Bonchev–Trinajstić information content (AvgIpc) is 2.98. The predicted molar refractivity (Wildman–Crippen MR) is 152 cm³/mol. The molecular formula is C28H50N4O10. The molecule has 0 aliphatic rings. The van der Waals surface area contributed by atoms with Crippen LogP contribution in [0.15, 0.2) is 0 Å². The van der Waals surface area contributed by atoms with Gasteiger partial charge in [-0.15, -0.1) is 0 Å². The SMILES string of the molecule is NOC(=O)CCCCCCCNC(=O)CCOCCOCCC(=O)NCCCCCCCC(=O)ONC(=O)CCC=O. The number of unbranched alkanes of at least 4 members (excludes halogenated alkanes) is 8. The zero-order valence-corrected chi connectivity index (χ0v) is 24.8. The summed E-state index contributed by atoms with van der Waals surface area (Å²) >= 11 is 0. The van der Waals surface area contributed by atoms with Crippen LogP contribution in [0, 0.1) is 0 Å². The van der Waals surface area contributed by atoms with Gasteiger partial charge in [0.25, 0.3) is 5.91 Å². The Kier molecular flexibility index (Phi) is 27.2. The molecule has 0 aromatic rings. The lowest BCUT2D eigenvalue weighted by Crippen LogP contribution is -2.26. The number of hydrogen-bond donors (Lipinski definition) is 4. The van der Waals surface area contributed by atoms with Gasteiger partial charge in [0, 0.05) is 51.6 Å². The number of hydroxylamine groups is 1. The molecule has 0 spiro atoms. The number of aldehydes is 1. The summed E-state index contributed by atoms with van der Waals surface area (Å²) in [5.74, 6) is 3.22. The van der Waals surface area contributed by atoms with Gasteiger partial charge in [-0.05, 0) is 25.7 Å². The fraction of sp³-hybridized carbons (Fsp3) is 0.786. The molecule has 0 atom stereocenters. The molecule has 0 unspecified atom stereocenters. The number of hydrogen-bond acceptors (Lipinski definition) is 11. The first-order valence-corrected chi connectivity index (χ1v) is 14.9. The van der Waals surface area contributed by atoms with Crippen LogP contribution in [0.4, 0.5) is 0 Å². The lowest BCUT2D eigenvalue weighted by molar-refractivity contribution is -0.158. The Hall–Kier alpha value is -3.10. The molecule has 14 heteroatoms. The quantitative estimate of drug-likeness (QED) is 0.0576. The predicted octanol–water partition coefficient (Wildman–Crippen LogP) is 1.68. The van der Waals surface area contributed by atoms with E-state index >= 15 is 0 Å². The van der Waals surface area contributed by atoms with E-state index in [4.69, 9.17) is 15.4 Å². The lowest BCUT2D eigenvalue weighted by atomic mass is 10.1. The molecule has 42 heavy (non-hydrogen) atoms. The second kappa shape index (κ2) is 29.4. The van der Waals surface area contributed by atoms with Crippen LogP contribution in [0.1, 0.15) is 103 Å². The van der Waals surface area contributed by atoms with Gasteiger partial charge in [-0.25, -0.2) is 4.79 Å². The molecular weight excluding hydrogens is 552 g/mol. The molecule has 0 saturated heterocycles. The van der Waals surface area contributed by atoms with Crippen LogP contribution in [0.3, 0.4) is 0 Å². The Morgan fingerprint density at radius 2 is 1.02 bits per heavy atom. The molecule has 0 rings (SSSR count). The summed E-state index contributed by atoms with van der Waals surface area (Å²) in [6.07, 6.45) is 10.4. The highest BCUT2D eigenvalue weighted by Gasteiger charge is 2.07. The van der Waals surface area contributed by atoms with E-state index < -0.39 is 17.8 Å². The van der Waals surface area contributed by atoms with E-state index in [0.717, 1.165) is 57.8 Å². The minimum atomic E-state index is -0.513. The standard InChI is InChI=1S/C28H50N4O10/c29-41-27(37)13-7-3-1-5-9-17-30-24(34)15-20-39-22-23-40-21-16-25(35)31-18-10-6-2-4-8-14-28(38)42-32-26(36)12-11-19-33/h19H,1-18,20-23,29H2,(H,30,34)(H,31,35)(H,32,36). The maximum atomic E-state index is 11.9. The number of nitrogens with two attached hydrogens (primary N) is 1. The summed E-state index contributed by atoms with van der Waals surface area (Å²) in [5.41, 5.74) is 2.02. The van der Waals surface area contributed by atoms with E-state index in [2.05, 4.69) is 20.3 Å². The monoisotopic (exact) mass is 602 g/mol. The third-order valence-corrected chi connectivity index (χ3v) is 5.98. The van der Waals surface area contributed by atoms with E-state index in [9.17, 15) is 28.8 Å². The van der Waals surface area contributed by atoms with Crippen LogP contribution in [-0.4, -0.2) is 75.5 Å². The molecule has 242 valence electrons. The zero-order chi connectivity index (χ0) is 31.1. The fourth-order valence-corrected chi connectivity index (χ4v) is 3.60. The van der Waals surface area contributed by atoms with Gasteiger partial charge in [-0.2, -0.15) is 11.4 Å². The molecule has 0 heterocycles. The minimum Gasteiger partial charge on any atom is -0.379 e. The maximum absolute atomic E-state index is 11.9. The van der Waals surface area contributed by atoms with E-state index in [-0.39, 0.29) is 43.9 Å². The van der Waals surface area contributed by atoms with Gasteiger partial charge in [0.15, 0.2) is 0 Å². The Morgan fingerprint density at radius 3 is 1.52 bits per heavy atom. The van der Waals surface area contributed by atoms with Crippen LogP contribution in [0.5, 0.6) is 0 Å². The van der Waals surface area contributed by atoms with Crippen LogP contribution >= 0.6 is 0 Å². The van der Waals surface area contributed by atoms with Crippen molar-refractivity contribution in [1.29, 1.82) is 0 Å². The summed E-state index contributed by atoms with van der Waals surface area (Å²) < 4.78 is 10.8. The molecule has 0 aromatic heterocycles.